The number of Topliss-reactive ketones (excluding diaryl/α,β-unsaturated/α-hetero) is 1. The molecule has 2 aliphatic heterocycles. The van der Waals surface area contributed by atoms with Crippen molar-refractivity contribution in [2.75, 3.05) is 0 Å². The van der Waals surface area contributed by atoms with Gasteiger partial charge in [0, 0.05) is 29.9 Å². The first-order valence-corrected chi connectivity index (χ1v) is 13.5. The Morgan fingerprint density at radius 3 is 2.39 bits per heavy atom. The van der Waals surface area contributed by atoms with Crippen LogP contribution in [-0.4, -0.2) is 28.9 Å². The molecule has 33 heavy (non-hydrogen) atoms. The molecule has 4 heteroatoms. The average Bonchev–Trinajstić information content (AvgIpc) is 2.81. The smallest absolute Gasteiger partial charge is 0.138 e. The minimum Gasteiger partial charge on any atom is -0.489 e. The highest BCUT2D eigenvalue weighted by Gasteiger charge is 2.39. The van der Waals surface area contributed by atoms with E-state index >= 15 is 0 Å². The van der Waals surface area contributed by atoms with E-state index in [1.54, 1.807) is 6.92 Å². The van der Waals surface area contributed by atoms with E-state index in [1.165, 1.54) is 49.5 Å². The summed E-state index contributed by atoms with van der Waals surface area (Å²) in [6.45, 7) is 5.01. The van der Waals surface area contributed by atoms with Gasteiger partial charge in [0.2, 0.25) is 0 Å². The van der Waals surface area contributed by atoms with Crippen molar-refractivity contribution in [3.05, 3.63) is 40.9 Å². The molecule has 3 nitrogen and oxygen atoms in total. The van der Waals surface area contributed by atoms with Gasteiger partial charge in [-0.2, -0.15) is 0 Å². The zero-order valence-corrected chi connectivity index (χ0v) is 20.9. The van der Waals surface area contributed by atoms with Gasteiger partial charge in [-0.25, -0.2) is 0 Å². The number of carbonyl (C=O) groups is 1. The van der Waals surface area contributed by atoms with Gasteiger partial charge in [0.1, 0.15) is 11.5 Å². The molecule has 0 radical (unpaired) electrons. The van der Waals surface area contributed by atoms with Gasteiger partial charge in [-0.1, -0.05) is 49.6 Å². The number of fused-ring (bicyclic) bond motifs is 3. The highest BCUT2D eigenvalue weighted by Crippen LogP contribution is 2.40. The molecule has 2 aromatic carbocycles. The molecule has 2 heterocycles. The lowest BCUT2D eigenvalue weighted by Gasteiger charge is -2.48. The molecule has 0 amide bonds. The topological polar surface area (TPSA) is 29.5 Å². The van der Waals surface area contributed by atoms with E-state index in [4.69, 9.17) is 16.3 Å². The molecule has 178 valence electrons. The second kappa shape index (κ2) is 9.96. The monoisotopic (exact) mass is 467 g/mol. The summed E-state index contributed by atoms with van der Waals surface area (Å²) in [7, 11) is 0. The summed E-state index contributed by atoms with van der Waals surface area (Å²) in [6, 6.07) is 12.0. The number of ketones is 1. The van der Waals surface area contributed by atoms with E-state index in [0.717, 1.165) is 54.3 Å². The minimum absolute atomic E-state index is 0.259. The Kier molecular flexibility index (Phi) is 6.99. The maximum Gasteiger partial charge on any atom is 0.138 e. The van der Waals surface area contributed by atoms with E-state index in [1.807, 2.05) is 6.07 Å². The average molecular weight is 468 g/mol. The van der Waals surface area contributed by atoms with Crippen LogP contribution in [0.25, 0.3) is 10.8 Å². The first kappa shape index (κ1) is 23.2. The summed E-state index contributed by atoms with van der Waals surface area (Å²) >= 11 is 6.91. The van der Waals surface area contributed by atoms with Crippen LogP contribution in [-0.2, 0) is 11.3 Å². The molecule has 2 saturated heterocycles. The SMILES string of the molecule is CC[C@H]1CC[C@@H](Oc2ccc3ccc(CN4C5CCCC4CC(C(C)=O)C5)cc3c2Cl)CC1. The van der Waals surface area contributed by atoms with Gasteiger partial charge in [-0.3, -0.25) is 9.69 Å². The molecule has 1 saturated carbocycles. The van der Waals surface area contributed by atoms with Gasteiger partial charge in [0.25, 0.3) is 0 Å². The quantitative estimate of drug-likeness (QED) is 0.438. The van der Waals surface area contributed by atoms with E-state index in [9.17, 15) is 4.79 Å². The lowest BCUT2D eigenvalue weighted by molar-refractivity contribution is -0.125. The van der Waals surface area contributed by atoms with Crippen LogP contribution in [0, 0.1) is 11.8 Å². The Balaban J connectivity index is 1.33. The van der Waals surface area contributed by atoms with Crippen LogP contribution in [0.4, 0.5) is 0 Å². The summed E-state index contributed by atoms with van der Waals surface area (Å²) in [5, 5.41) is 3.02. The van der Waals surface area contributed by atoms with Crippen molar-refractivity contribution in [2.24, 2.45) is 11.8 Å². The summed E-state index contributed by atoms with van der Waals surface area (Å²) in [5.41, 5.74) is 1.31. The first-order chi connectivity index (χ1) is 16.0. The minimum atomic E-state index is 0.259. The van der Waals surface area contributed by atoms with Crippen molar-refractivity contribution in [3.8, 4) is 5.75 Å². The fourth-order valence-electron chi connectivity index (χ4n) is 6.62. The van der Waals surface area contributed by atoms with E-state index in [0.29, 0.717) is 17.9 Å². The molecule has 0 spiro atoms. The van der Waals surface area contributed by atoms with E-state index in [2.05, 4.69) is 36.1 Å². The van der Waals surface area contributed by atoms with E-state index < -0.39 is 0 Å². The lowest BCUT2D eigenvalue weighted by Crippen LogP contribution is -2.52. The second-order valence-electron chi connectivity index (χ2n) is 10.8. The second-order valence-corrected chi connectivity index (χ2v) is 11.2. The van der Waals surface area contributed by atoms with E-state index in [-0.39, 0.29) is 12.0 Å². The number of rotatable bonds is 6. The Morgan fingerprint density at radius 1 is 1.03 bits per heavy atom. The zero-order chi connectivity index (χ0) is 22.9. The Labute approximate surface area is 203 Å². The predicted molar refractivity (Wildman–Crippen MR) is 136 cm³/mol. The predicted octanol–water partition coefficient (Wildman–Crippen LogP) is 7.56. The van der Waals surface area contributed by atoms with Gasteiger partial charge in [-0.05, 0) is 87.3 Å². The number of ether oxygens (including phenoxy) is 1. The number of nitrogens with zero attached hydrogens (tertiary/aromatic N) is 1. The zero-order valence-electron chi connectivity index (χ0n) is 20.2. The molecule has 0 N–H and O–H groups in total. The number of hydrogen-bond acceptors (Lipinski definition) is 3. The number of hydrogen-bond donors (Lipinski definition) is 0. The van der Waals surface area contributed by atoms with Gasteiger partial charge in [-0.15, -0.1) is 0 Å². The van der Waals surface area contributed by atoms with Crippen molar-refractivity contribution < 1.29 is 9.53 Å². The molecule has 2 aromatic rings. The van der Waals surface area contributed by atoms with Gasteiger partial charge in [0.15, 0.2) is 0 Å². The number of carbonyl (C=O) groups excluding carboxylic acids is 1. The fraction of sp³-hybridized carbons (Fsp3) is 0.621. The molecule has 3 aliphatic rings. The van der Waals surface area contributed by atoms with Crippen LogP contribution in [0.5, 0.6) is 5.75 Å². The molecule has 1 aliphatic carbocycles. The molecular formula is C29H38ClNO2. The lowest BCUT2D eigenvalue weighted by atomic mass is 9.77. The maximum atomic E-state index is 12.0. The van der Waals surface area contributed by atoms with Crippen LogP contribution in [0.15, 0.2) is 30.3 Å². The van der Waals surface area contributed by atoms with Crippen molar-refractivity contribution in [2.45, 2.75) is 103 Å². The Hall–Kier alpha value is -1.58. The molecule has 2 bridgehead atoms. The van der Waals surface area contributed by atoms with Crippen molar-refractivity contribution in [3.63, 3.8) is 0 Å². The molecule has 2 unspecified atom stereocenters. The van der Waals surface area contributed by atoms with Gasteiger partial charge >= 0.3 is 0 Å². The third-order valence-corrected chi connectivity index (χ3v) is 9.11. The standard InChI is InChI=1S/C29H38ClNO2/c1-3-20-8-12-26(13-9-20)33-28-14-11-22-10-7-21(15-27(22)29(28)30)18-31-24-5-4-6-25(31)17-23(16-24)19(2)32/h7,10-11,14-15,20,23-26H,3-6,8-9,12-13,16-18H2,1-2H3/t20-,23?,24?,25?,26+. The van der Waals surface area contributed by atoms with Gasteiger partial charge in [0.05, 0.1) is 11.1 Å². The normalized spacial score (nSPS) is 30.3. The molecule has 0 aromatic heterocycles. The molecular weight excluding hydrogens is 430 g/mol. The highest BCUT2D eigenvalue weighted by atomic mass is 35.5. The molecule has 2 atom stereocenters. The maximum absolute atomic E-state index is 12.0. The highest BCUT2D eigenvalue weighted by molar-refractivity contribution is 6.37. The third-order valence-electron chi connectivity index (χ3n) is 8.72. The van der Waals surface area contributed by atoms with Crippen LogP contribution in [0.2, 0.25) is 5.02 Å². The summed E-state index contributed by atoms with van der Waals surface area (Å²) in [6.07, 6.45) is 12.1. The Bertz CT molecular complexity index is 983. The Morgan fingerprint density at radius 2 is 1.73 bits per heavy atom. The molecule has 5 rings (SSSR count). The van der Waals surface area contributed by atoms with Crippen molar-refractivity contribution in [1.82, 2.24) is 4.90 Å². The van der Waals surface area contributed by atoms with Gasteiger partial charge < -0.3 is 4.74 Å². The summed E-state index contributed by atoms with van der Waals surface area (Å²) in [5.74, 6) is 2.33. The van der Waals surface area contributed by atoms with Crippen molar-refractivity contribution >= 4 is 28.2 Å². The van der Waals surface area contributed by atoms with Crippen molar-refractivity contribution in [1.29, 1.82) is 0 Å². The summed E-state index contributed by atoms with van der Waals surface area (Å²) < 4.78 is 6.40. The third kappa shape index (κ3) is 4.95. The number of piperidine rings is 2. The molecule has 3 fully saturated rings. The largest absolute Gasteiger partial charge is 0.489 e. The number of benzene rings is 2. The fourth-order valence-corrected chi connectivity index (χ4v) is 6.89. The summed E-state index contributed by atoms with van der Waals surface area (Å²) in [4.78, 5) is 14.7. The van der Waals surface area contributed by atoms with Crippen LogP contribution in [0.1, 0.15) is 83.6 Å². The first-order valence-electron chi connectivity index (χ1n) is 13.2. The van der Waals surface area contributed by atoms with Crippen LogP contribution in [0.3, 0.4) is 0 Å². The number of halogens is 1. The van der Waals surface area contributed by atoms with Crippen LogP contribution < -0.4 is 4.74 Å². The van der Waals surface area contributed by atoms with Crippen LogP contribution >= 0.6 is 11.6 Å².